The van der Waals surface area contributed by atoms with Gasteiger partial charge < -0.3 is 19.6 Å². The summed E-state index contributed by atoms with van der Waals surface area (Å²) in [6, 6.07) is 3.60. The Morgan fingerprint density at radius 2 is 0.902 bits per heavy atom. The first-order chi connectivity index (χ1) is 17.1. The molecule has 0 N–H and O–H groups in total. The molecule has 0 spiro atoms. The van der Waals surface area contributed by atoms with Crippen LogP contribution in [0, 0.1) is 0 Å². The second-order valence-corrected chi connectivity index (χ2v) is 13.6. The summed E-state index contributed by atoms with van der Waals surface area (Å²) in [6.45, 7) is 0. The van der Waals surface area contributed by atoms with Crippen LogP contribution in [-0.2, 0) is 71.8 Å². The van der Waals surface area contributed by atoms with Crippen molar-refractivity contribution in [3.8, 4) is 0 Å². The van der Waals surface area contributed by atoms with E-state index in [0.29, 0.717) is 24.1 Å². The molecule has 14 nitrogen and oxygen atoms in total. The van der Waals surface area contributed by atoms with E-state index >= 15 is 0 Å². The van der Waals surface area contributed by atoms with Crippen molar-refractivity contribution < 1.29 is 269 Å². The van der Waals surface area contributed by atoms with Crippen LogP contribution in [-0.4, -0.2) is 34.4 Å². The van der Waals surface area contributed by atoms with Crippen molar-refractivity contribution in [2.45, 2.75) is 32.8 Å². The van der Waals surface area contributed by atoms with E-state index in [1.165, 1.54) is 0 Å². The van der Waals surface area contributed by atoms with Gasteiger partial charge in [-0.05, 0) is 46.5 Å². The summed E-state index contributed by atoms with van der Waals surface area (Å²) in [5, 5.41) is 26.0. The molecule has 0 fully saturated rings. The molecule has 2 aromatic carbocycles. The second kappa shape index (κ2) is 24.1. The molecule has 2 aromatic rings. The molecule has 0 aliphatic rings. The topological polar surface area (TPSA) is 232 Å². The van der Waals surface area contributed by atoms with Crippen LogP contribution in [0.15, 0.2) is 34.1 Å². The van der Waals surface area contributed by atoms with Crippen LogP contribution < -0.4 is 216 Å². The standard InChI is InChI=1S/C16H16Cl2O14S5.4K/c17-15-9(5-33-31-29-19)1-13(2-10(15)6-34-32-30-20)37(27,28)14-3-11(7-35(21,22)23)16(18)12(4-14)8-36(24,25)26;;;;/h1-4,19-20H,5-8H2,(H,21,22,23)(H,24,25,26);;;;/q;4*+1/p-4. The van der Waals surface area contributed by atoms with Crippen molar-refractivity contribution in [2.24, 2.45) is 0 Å². The number of halogens is 2. The summed E-state index contributed by atoms with van der Waals surface area (Å²) in [5.74, 6) is -3.04. The Kier molecular flexibility index (Phi) is 30.0. The fourth-order valence-electron chi connectivity index (χ4n) is 2.90. The van der Waals surface area contributed by atoms with E-state index in [-0.39, 0.29) is 233 Å². The number of benzene rings is 2. The van der Waals surface area contributed by atoms with E-state index in [0.717, 1.165) is 24.3 Å². The van der Waals surface area contributed by atoms with Crippen LogP contribution in [0.5, 0.6) is 0 Å². The molecule has 2 rings (SSSR count). The maximum absolute atomic E-state index is 13.5. The fourth-order valence-corrected chi connectivity index (χ4v) is 7.26. The third kappa shape index (κ3) is 18.0. The van der Waals surface area contributed by atoms with Crippen LogP contribution in [0.4, 0.5) is 0 Å². The van der Waals surface area contributed by atoms with Gasteiger partial charge in [-0.15, -0.1) is 0 Å². The molecule has 25 heteroatoms. The van der Waals surface area contributed by atoms with Gasteiger partial charge in [0.05, 0.1) is 41.5 Å². The molecule has 208 valence electrons. The van der Waals surface area contributed by atoms with Gasteiger partial charge in [-0.3, -0.25) is 10.1 Å². The molecule has 0 unspecified atom stereocenters. The molecule has 0 saturated heterocycles. The minimum atomic E-state index is -5.01. The SMILES string of the molecule is O=S(=O)([O-])Cc1cc(S(=O)(=O)c2cc(CSOO[O-])c(Cl)c(CSOO[O-])c2)cc(CS(=O)(=O)[O-])c1Cl.[K+].[K+].[K+].[K+]. The normalized spacial score (nSPS) is 11.5. The fraction of sp³-hybridized carbons (Fsp3) is 0.250. The predicted octanol–water partition coefficient (Wildman–Crippen LogP) is -11.3. The zero-order valence-corrected chi connectivity index (χ0v) is 39.7. The van der Waals surface area contributed by atoms with Crippen LogP contribution in [0.3, 0.4) is 0 Å². The van der Waals surface area contributed by atoms with Gasteiger partial charge in [-0.1, -0.05) is 23.2 Å². The molecule has 0 bridgehead atoms. The van der Waals surface area contributed by atoms with Crippen molar-refractivity contribution in [2.75, 3.05) is 0 Å². The monoisotopic (exact) mass is 814 g/mol. The molecule has 0 aromatic heterocycles. The van der Waals surface area contributed by atoms with E-state index < -0.39 is 67.5 Å². The minimum Gasteiger partial charge on any atom is -0.748 e. The molecular formula is C16H12Cl2K4O14S5. The van der Waals surface area contributed by atoms with Gasteiger partial charge >= 0.3 is 206 Å². The maximum Gasteiger partial charge on any atom is 1.00 e. The summed E-state index contributed by atoms with van der Waals surface area (Å²) < 4.78 is 103. The zero-order chi connectivity index (χ0) is 28.0. The molecule has 41 heavy (non-hydrogen) atoms. The van der Waals surface area contributed by atoms with Gasteiger partial charge in [0.1, 0.15) is 0 Å². The van der Waals surface area contributed by atoms with E-state index in [1.54, 1.807) is 0 Å². The van der Waals surface area contributed by atoms with Crippen molar-refractivity contribution >= 4 is 77.4 Å². The van der Waals surface area contributed by atoms with E-state index in [1.807, 2.05) is 0 Å². The quantitative estimate of drug-likeness (QED) is 0.0430. The molecule has 0 saturated carbocycles. The van der Waals surface area contributed by atoms with Gasteiger partial charge in [-0.25, -0.2) is 25.3 Å². The zero-order valence-electron chi connectivity index (χ0n) is 21.7. The Bertz CT molecular complexity index is 1380. The van der Waals surface area contributed by atoms with Gasteiger partial charge in [-0.2, -0.15) is 8.67 Å². The minimum absolute atomic E-state index is 0. The molecular weight excluding hydrogens is 804 g/mol. The molecule has 0 radical (unpaired) electrons. The molecule has 0 amide bonds. The van der Waals surface area contributed by atoms with Crippen LogP contribution in [0.2, 0.25) is 10.0 Å². The van der Waals surface area contributed by atoms with Gasteiger partial charge in [0, 0.05) is 45.6 Å². The molecule has 0 atom stereocenters. The summed E-state index contributed by atoms with van der Waals surface area (Å²) >= 11 is 13.1. The van der Waals surface area contributed by atoms with Crippen molar-refractivity contribution in [1.29, 1.82) is 0 Å². The summed E-state index contributed by atoms with van der Waals surface area (Å²) in [5.41, 5.74) is -0.943. The third-order valence-corrected chi connectivity index (χ3v) is 9.43. The Hall–Kier alpha value is 5.80. The van der Waals surface area contributed by atoms with E-state index in [4.69, 9.17) is 23.2 Å². The molecule has 0 aliphatic carbocycles. The van der Waals surface area contributed by atoms with E-state index in [9.17, 15) is 44.9 Å². The third-order valence-electron chi connectivity index (χ3n) is 4.26. The first-order valence-electron chi connectivity index (χ1n) is 9.00. The number of sulfone groups is 1. The second-order valence-electron chi connectivity index (χ2n) is 6.82. The Morgan fingerprint density at radius 1 is 0.610 bits per heavy atom. The largest absolute Gasteiger partial charge is 1.00 e. The summed E-state index contributed by atoms with van der Waals surface area (Å²) in [7, 11) is -14.7. The van der Waals surface area contributed by atoms with E-state index in [2.05, 4.69) is 18.7 Å². The Morgan fingerprint density at radius 3 is 1.20 bits per heavy atom. The van der Waals surface area contributed by atoms with Gasteiger partial charge in [0.15, 0.2) is 0 Å². The summed E-state index contributed by atoms with van der Waals surface area (Å²) in [4.78, 5) is -1.18. The Labute approximate surface area is 425 Å². The van der Waals surface area contributed by atoms with Gasteiger partial charge in [0.2, 0.25) is 9.84 Å². The van der Waals surface area contributed by atoms with Crippen LogP contribution >= 0.6 is 47.3 Å². The number of hydrogen-bond acceptors (Lipinski definition) is 16. The number of rotatable bonds is 14. The van der Waals surface area contributed by atoms with Crippen molar-refractivity contribution in [1.82, 2.24) is 0 Å². The van der Waals surface area contributed by atoms with Crippen molar-refractivity contribution in [3.63, 3.8) is 0 Å². The maximum atomic E-state index is 13.5. The average Bonchev–Trinajstić information content (AvgIpc) is 2.76. The molecule has 0 heterocycles. The Balaban J connectivity index is -0.00000361. The number of hydrogen-bond donors (Lipinski definition) is 0. The average molecular weight is 816 g/mol. The summed E-state index contributed by atoms with van der Waals surface area (Å²) in [6.07, 6.45) is 0. The first-order valence-corrected chi connectivity index (χ1v) is 16.2. The first kappa shape index (κ1) is 51.2. The smallest absolute Gasteiger partial charge is 0.748 e. The predicted molar refractivity (Wildman–Crippen MR) is 122 cm³/mol. The molecule has 0 aliphatic heterocycles. The van der Waals surface area contributed by atoms with Crippen molar-refractivity contribution in [3.05, 3.63) is 56.6 Å². The van der Waals surface area contributed by atoms with Gasteiger partial charge in [0.25, 0.3) is 0 Å². The van der Waals surface area contributed by atoms with Crippen LogP contribution in [0.25, 0.3) is 0 Å². The van der Waals surface area contributed by atoms with Crippen LogP contribution in [0.1, 0.15) is 22.3 Å².